The van der Waals surface area contributed by atoms with Crippen molar-refractivity contribution in [1.29, 1.82) is 0 Å². The number of fused-ring (bicyclic) bond motifs is 1. The molecule has 0 saturated heterocycles. The Hall–Kier alpha value is -4.14. The van der Waals surface area contributed by atoms with Crippen molar-refractivity contribution in [2.24, 2.45) is 0 Å². The summed E-state index contributed by atoms with van der Waals surface area (Å²) < 4.78 is 13.0. The highest BCUT2D eigenvalue weighted by Crippen LogP contribution is 2.44. The minimum atomic E-state index is 0.409. The first-order chi connectivity index (χ1) is 16.6. The quantitative estimate of drug-likeness (QED) is 0.370. The summed E-state index contributed by atoms with van der Waals surface area (Å²) in [4.78, 5) is 22.8. The molecule has 6 rings (SSSR count). The SMILES string of the molecule is COc1ncnc(C2CC2)c1-c1ncc2cnn(Cc3ccc(-c4nc(C)oc4C)cc3)c2n1. The second-order valence-corrected chi connectivity index (χ2v) is 8.53. The molecule has 0 spiro atoms. The standard InChI is InChI=1S/C25H23N7O2/c1-14-21(30-15(2)34-14)17-6-4-16(5-7-17)12-32-24-19(11-29-32)10-26-23(31-24)20-22(18-8-9-18)27-13-28-25(20)33-3/h4-7,10-11,13,18H,8-9,12H2,1-3H3. The molecule has 0 amide bonds. The maximum atomic E-state index is 5.57. The normalized spacial score (nSPS) is 13.5. The largest absolute Gasteiger partial charge is 0.480 e. The van der Waals surface area contributed by atoms with Gasteiger partial charge < -0.3 is 9.15 Å². The van der Waals surface area contributed by atoms with E-state index in [1.807, 2.05) is 18.5 Å². The fourth-order valence-corrected chi connectivity index (χ4v) is 4.25. The van der Waals surface area contributed by atoms with Gasteiger partial charge in [0.2, 0.25) is 5.88 Å². The van der Waals surface area contributed by atoms with Gasteiger partial charge in [-0.05, 0) is 25.3 Å². The van der Waals surface area contributed by atoms with Gasteiger partial charge in [-0.25, -0.2) is 29.6 Å². The number of ether oxygens (including phenoxy) is 1. The number of methoxy groups -OCH3 is 1. The molecule has 9 heteroatoms. The Bertz CT molecular complexity index is 1500. The zero-order chi connectivity index (χ0) is 23.2. The predicted octanol–water partition coefficient (Wildman–Crippen LogP) is 4.49. The minimum absolute atomic E-state index is 0.409. The van der Waals surface area contributed by atoms with Gasteiger partial charge in [0.15, 0.2) is 17.4 Å². The predicted molar refractivity (Wildman–Crippen MR) is 125 cm³/mol. The highest BCUT2D eigenvalue weighted by molar-refractivity contribution is 5.77. The molecular formula is C25H23N7O2. The number of benzene rings is 1. The fourth-order valence-electron chi connectivity index (χ4n) is 4.25. The Labute approximate surface area is 195 Å². The van der Waals surface area contributed by atoms with Crippen molar-refractivity contribution in [3.63, 3.8) is 0 Å². The van der Waals surface area contributed by atoms with Gasteiger partial charge in [0, 0.05) is 24.6 Å². The van der Waals surface area contributed by atoms with Gasteiger partial charge >= 0.3 is 0 Å². The number of aryl methyl sites for hydroxylation is 2. The second-order valence-electron chi connectivity index (χ2n) is 8.53. The molecule has 9 nitrogen and oxygen atoms in total. The van der Waals surface area contributed by atoms with Crippen LogP contribution in [0.25, 0.3) is 33.7 Å². The van der Waals surface area contributed by atoms with E-state index in [1.54, 1.807) is 25.8 Å². The van der Waals surface area contributed by atoms with E-state index >= 15 is 0 Å². The van der Waals surface area contributed by atoms with Crippen molar-refractivity contribution in [2.75, 3.05) is 7.11 Å². The summed E-state index contributed by atoms with van der Waals surface area (Å²) in [7, 11) is 1.61. The first-order valence-electron chi connectivity index (χ1n) is 11.2. The summed E-state index contributed by atoms with van der Waals surface area (Å²) >= 11 is 0. The Kier molecular flexibility index (Phi) is 4.83. The van der Waals surface area contributed by atoms with E-state index in [-0.39, 0.29) is 0 Å². The van der Waals surface area contributed by atoms with E-state index in [1.165, 1.54) is 0 Å². The van der Waals surface area contributed by atoms with Crippen LogP contribution in [0.1, 0.15) is 41.7 Å². The molecular weight excluding hydrogens is 430 g/mol. The molecule has 0 bridgehead atoms. The topological polar surface area (TPSA) is 105 Å². The minimum Gasteiger partial charge on any atom is -0.480 e. The molecule has 0 radical (unpaired) electrons. The summed E-state index contributed by atoms with van der Waals surface area (Å²) in [5.74, 6) is 2.95. The number of oxazole rings is 1. The third-order valence-corrected chi connectivity index (χ3v) is 6.06. The lowest BCUT2D eigenvalue weighted by atomic mass is 10.1. The molecule has 5 aromatic rings. The smallest absolute Gasteiger partial charge is 0.227 e. The molecule has 1 fully saturated rings. The molecule has 34 heavy (non-hydrogen) atoms. The molecule has 1 aliphatic rings. The Morgan fingerprint density at radius 3 is 2.56 bits per heavy atom. The number of aromatic nitrogens is 7. The number of nitrogens with zero attached hydrogens (tertiary/aromatic N) is 7. The van der Waals surface area contributed by atoms with Crippen molar-refractivity contribution in [1.82, 2.24) is 34.7 Å². The van der Waals surface area contributed by atoms with E-state index in [9.17, 15) is 0 Å². The van der Waals surface area contributed by atoms with Crippen molar-refractivity contribution in [3.8, 4) is 28.5 Å². The van der Waals surface area contributed by atoms with E-state index < -0.39 is 0 Å². The second kappa shape index (κ2) is 8.02. The lowest BCUT2D eigenvalue weighted by Gasteiger charge is -2.11. The van der Waals surface area contributed by atoms with Crippen LogP contribution >= 0.6 is 0 Å². The summed E-state index contributed by atoms with van der Waals surface area (Å²) in [5, 5.41) is 5.43. The summed E-state index contributed by atoms with van der Waals surface area (Å²) in [5.41, 5.74) is 5.47. The highest BCUT2D eigenvalue weighted by atomic mass is 16.5. The van der Waals surface area contributed by atoms with Crippen LogP contribution in [0, 0.1) is 13.8 Å². The van der Waals surface area contributed by atoms with Crippen LogP contribution < -0.4 is 4.74 Å². The number of rotatable bonds is 6. The highest BCUT2D eigenvalue weighted by Gasteiger charge is 2.31. The van der Waals surface area contributed by atoms with Gasteiger partial charge in [0.25, 0.3) is 0 Å². The Morgan fingerprint density at radius 2 is 1.85 bits per heavy atom. The number of hydrogen-bond acceptors (Lipinski definition) is 8. The van der Waals surface area contributed by atoms with Crippen molar-refractivity contribution >= 4 is 11.0 Å². The lowest BCUT2D eigenvalue weighted by Crippen LogP contribution is -2.05. The average Bonchev–Trinajstić information content (AvgIpc) is 3.55. The molecule has 0 N–H and O–H groups in total. The van der Waals surface area contributed by atoms with Crippen LogP contribution in [0.4, 0.5) is 0 Å². The van der Waals surface area contributed by atoms with E-state index in [4.69, 9.17) is 14.1 Å². The van der Waals surface area contributed by atoms with E-state index in [2.05, 4.69) is 49.3 Å². The van der Waals surface area contributed by atoms with Crippen LogP contribution in [0.3, 0.4) is 0 Å². The van der Waals surface area contributed by atoms with Gasteiger partial charge in [-0.3, -0.25) is 0 Å². The fraction of sp³-hybridized carbons (Fsp3) is 0.280. The van der Waals surface area contributed by atoms with Crippen LogP contribution in [0.2, 0.25) is 0 Å². The molecule has 0 unspecified atom stereocenters. The van der Waals surface area contributed by atoms with Gasteiger partial charge in [0.05, 0.1) is 30.9 Å². The Balaban J connectivity index is 1.34. The van der Waals surface area contributed by atoms with Gasteiger partial charge in [-0.15, -0.1) is 0 Å². The first kappa shape index (κ1) is 20.5. The molecule has 0 aliphatic heterocycles. The maximum absolute atomic E-state index is 5.57. The summed E-state index contributed by atoms with van der Waals surface area (Å²) in [6.45, 7) is 4.36. The van der Waals surface area contributed by atoms with Crippen molar-refractivity contribution < 1.29 is 9.15 Å². The number of hydrogen-bond donors (Lipinski definition) is 0. The first-order valence-corrected chi connectivity index (χ1v) is 11.2. The third-order valence-electron chi connectivity index (χ3n) is 6.06. The Morgan fingerprint density at radius 1 is 1.03 bits per heavy atom. The molecule has 1 saturated carbocycles. The molecule has 170 valence electrons. The van der Waals surface area contributed by atoms with Crippen LogP contribution in [0.5, 0.6) is 5.88 Å². The van der Waals surface area contributed by atoms with E-state index in [0.717, 1.165) is 57.7 Å². The molecule has 0 atom stereocenters. The lowest BCUT2D eigenvalue weighted by molar-refractivity contribution is 0.397. The maximum Gasteiger partial charge on any atom is 0.227 e. The monoisotopic (exact) mass is 453 g/mol. The van der Waals surface area contributed by atoms with Crippen molar-refractivity contribution in [2.45, 2.75) is 39.2 Å². The zero-order valence-corrected chi connectivity index (χ0v) is 19.2. The van der Waals surface area contributed by atoms with Crippen LogP contribution in [-0.2, 0) is 6.54 Å². The average molecular weight is 454 g/mol. The van der Waals surface area contributed by atoms with Gasteiger partial charge in [0.1, 0.15) is 23.3 Å². The summed E-state index contributed by atoms with van der Waals surface area (Å²) in [6.07, 6.45) is 7.34. The third kappa shape index (κ3) is 3.59. The van der Waals surface area contributed by atoms with Gasteiger partial charge in [-0.1, -0.05) is 24.3 Å². The molecule has 4 aromatic heterocycles. The molecule has 1 aliphatic carbocycles. The van der Waals surface area contributed by atoms with Crippen LogP contribution in [0.15, 0.2) is 47.4 Å². The van der Waals surface area contributed by atoms with Crippen LogP contribution in [-0.4, -0.2) is 41.8 Å². The summed E-state index contributed by atoms with van der Waals surface area (Å²) in [6, 6.07) is 8.26. The van der Waals surface area contributed by atoms with Crippen molar-refractivity contribution in [3.05, 3.63) is 65.9 Å². The zero-order valence-electron chi connectivity index (χ0n) is 19.2. The molecule has 1 aromatic carbocycles. The van der Waals surface area contributed by atoms with Gasteiger partial charge in [-0.2, -0.15) is 5.10 Å². The molecule has 4 heterocycles. The van der Waals surface area contributed by atoms with E-state index in [0.29, 0.717) is 30.1 Å².